The lowest BCUT2D eigenvalue weighted by atomic mass is 10.0. The van der Waals surface area contributed by atoms with Crippen molar-refractivity contribution in [2.45, 2.75) is 43.9 Å². The molecule has 25 heavy (non-hydrogen) atoms. The van der Waals surface area contributed by atoms with Gasteiger partial charge in [0, 0.05) is 0 Å². The lowest BCUT2D eigenvalue weighted by Gasteiger charge is -2.37. The van der Waals surface area contributed by atoms with E-state index in [1.165, 1.54) is 0 Å². The van der Waals surface area contributed by atoms with Crippen LogP contribution in [0.2, 0.25) is 0 Å². The van der Waals surface area contributed by atoms with Crippen molar-refractivity contribution in [1.29, 1.82) is 0 Å². The average molecular weight is 342 g/mol. The summed E-state index contributed by atoms with van der Waals surface area (Å²) in [5, 5.41) is 10.8. The molecule has 2 bridgehead atoms. The third-order valence-electron chi connectivity index (χ3n) is 4.61. The Morgan fingerprint density at radius 1 is 0.840 bits per heavy atom. The number of ether oxygens (including phenoxy) is 4. The van der Waals surface area contributed by atoms with Gasteiger partial charge in [0.2, 0.25) is 0 Å². The van der Waals surface area contributed by atoms with Gasteiger partial charge in [-0.05, 0) is 11.1 Å². The molecule has 4 rings (SSSR count). The summed E-state index contributed by atoms with van der Waals surface area (Å²) in [6, 6.07) is 19.7. The van der Waals surface area contributed by atoms with Crippen LogP contribution in [-0.2, 0) is 32.2 Å². The van der Waals surface area contributed by atoms with Crippen LogP contribution in [-0.4, -0.2) is 42.4 Å². The molecular formula is C20H22O5. The zero-order chi connectivity index (χ0) is 17.1. The molecule has 2 saturated heterocycles. The predicted molar refractivity (Wildman–Crippen MR) is 90.7 cm³/mol. The van der Waals surface area contributed by atoms with Gasteiger partial charge >= 0.3 is 0 Å². The molecule has 5 atom stereocenters. The summed E-state index contributed by atoms with van der Waals surface area (Å²) < 4.78 is 23.4. The molecule has 0 aliphatic carbocycles. The smallest absolute Gasteiger partial charge is 0.187 e. The van der Waals surface area contributed by atoms with Crippen LogP contribution in [0.4, 0.5) is 0 Å². The Balaban J connectivity index is 1.40. The average Bonchev–Trinajstić information content (AvgIpc) is 3.09. The molecule has 1 N–H and O–H groups in total. The summed E-state index contributed by atoms with van der Waals surface area (Å²) in [5.41, 5.74) is 2.09. The lowest BCUT2D eigenvalue weighted by Crippen LogP contribution is -2.55. The second kappa shape index (κ2) is 7.64. The minimum absolute atomic E-state index is 0.264. The van der Waals surface area contributed by atoms with Gasteiger partial charge in [-0.2, -0.15) is 0 Å². The largest absolute Gasteiger partial charge is 0.387 e. The van der Waals surface area contributed by atoms with E-state index in [0.29, 0.717) is 19.8 Å². The molecule has 2 aliphatic heterocycles. The van der Waals surface area contributed by atoms with Crippen molar-refractivity contribution in [3.05, 3.63) is 71.8 Å². The molecule has 0 unspecified atom stereocenters. The SMILES string of the molecule is O[C@H]1[C@@H](OCc2ccccc2)[C@@H]2OC[C@@H](O2)[C@H]1OCc1ccccc1. The molecule has 2 heterocycles. The summed E-state index contributed by atoms with van der Waals surface area (Å²) in [7, 11) is 0. The van der Waals surface area contributed by atoms with Gasteiger partial charge in [-0.1, -0.05) is 60.7 Å². The van der Waals surface area contributed by atoms with Gasteiger partial charge in [0.05, 0.1) is 19.8 Å². The van der Waals surface area contributed by atoms with Gasteiger partial charge in [-0.25, -0.2) is 0 Å². The molecule has 5 heteroatoms. The van der Waals surface area contributed by atoms with Crippen LogP contribution in [0.25, 0.3) is 0 Å². The maximum absolute atomic E-state index is 10.8. The highest BCUT2D eigenvalue weighted by atomic mass is 16.8. The molecule has 0 saturated carbocycles. The molecule has 2 aliphatic rings. The van der Waals surface area contributed by atoms with Crippen molar-refractivity contribution in [1.82, 2.24) is 0 Å². The molecule has 0 amide bonds. The van der Waals surface area contributed by atoms with Crippen LogP contribution in [0.1, 0.15) is 11.1 Å². The lowest BCUT2D eigenvalue weighted by molar-refractivity contribution is -0.255. The number of rotatable bonds is 6. The maximum Gasteiger partial charge on any atom is 0.187 e. The maximum atomic E-state index is 10.8. The van der Waals surface area contributed by atoms with E-state index < -0.39 is 24.6 Å². The Bertz CT molecular complexity index is 605. The Morgan fingerprint density at radius 2 is 1.40 bits per heavy atom. The van der Waals surface area contributed by atoms with Crippen LogP contribution in [0.5, 0.6) is 0 Å². The van der Waals surface area contributed by atoms with E-state index in [9.17, 15) is 5.11 Å². The Kier molecular flexibility index (Phi) is 5.10. The minimum atomic E-state index is -0.793. The first kappa shape index (κ1) is 16.7. The van der Waals surface area contributed by atoms with Gasteiger partial charge in [0.15, 0.2) is 6.29 Å². The number of aliphatic hydroxyl groups excluding tert-OH is 1. The van der Waals surface area contributed by atoms with E-state index in [1.807, 2.05) is 60.7 Å². The van der Waals surface area contributed by atoms with E-state index in [4.69, 9.17) is 18.9 Å². The van der Waals surface area contributed by atoms with Gasteiger partial charge in [-0.15, -0.1) is 0 Å². The first-order valence-electron chi connectivity index (χ1n) is 8.57. The number of hydrogen-bond acceptors (Lipinski definition) is 5. The summed E-state index contributed by atoms with van der Waals surface area (Å²) in [6.45, 7) is 1.22. The zero-order valence-electron chi connectivity index (χ0n) is 13.9. The number of hydrogen-bond donors (Lipinski definition) is 1. The second-order valence-corrected chi connectivity index (χ2v) is 6.39. The van der Waals surface area contributed by atoms with Gasteiger partial charge < -0.3 is 24.1 Å². The highest BCUT2D eigenvalue weighted by molar-refractivity contribution is 5.14. The van der Waals surface area contributed by atoms with E-state index >= 15 is 0 Å². The van der Waals surface area contributed by atoms with E-state index in [-0.39, 0.29) is 6.10 Å². The highest BCUT2D eigenvalue weighted by Gasteiger charge is 2.51. The number of aliphatic hydroxyl groups is 1. The molecule has 0 spiro atoms. The van der Waals surface area contributed by atoms with Crippen molar-refractivity contribution in [3.8, 4) is 0 Å². The predicted octanol–water partition coefficient (Wildman–Crippen LogP) is 2.27. The topological polar surface area (TPSA) is 57.2 Å². The van der Waals surface area contributed by atoms with Crippen LogP contribution in [0.15, 0.2) is 60.7 Å². The minimum Gasteiger partial charge on any atom is -0.387 e. The fourth-order valence-corrected chi connectivity index (χ4v) is 3.27. The van der Waals surface area contributed by atoms with Crippen LogP contribution < -0.4 is 0 Å². The van der Waals surface area contributed by atoms with E-state index in [0.717, 1.165) is 11.1 Å². The monoisotopic (exact) mass is 342 g/mol. The van der Waals surface area contributed by atoms with Gasteiger partial charge in [-0.3, -0.25) is 0 Å². The third kappa shape index (κ3) is 3.76. The first-order chi connectivity index (χ1) is 12.3. The summed E-state index contributed by atoms with van der Waals surface area (Å²) in [5.74, 6) is 0. The number of benzene rings is 2. The molecule has 0 radical (unpaired) electrons. The molecule has 132 valence electrons. The van der Waals surface area contributed by atoms with Crippen molar-refractivity contribution in [2.75, 3.05) is 6.61 Å². The standard InChI is InChI=1S/C20H22O5/c21-17-18(22-11-14-7-3-1-4-8-14)16-13-24-20(25-16)19(17)23-12-15-9-5-2-6-10-15/h1-10,16-21H,11-13H2/t16-,17-,18-,19-,20-/m1/s1. The normalized spacial score (nSPS) is 31.2. The molecule has 2 aromatic rings. The molecule has 2 fully saturated rings. The van der Waals surface area contributed by atoms with Crippen molar-refractivity contribution < 1.29 is 24.1 Å². The molecule has 2 aromatic carbocycles. The van der Waals surface area contributed by atoms with Crippen molar-refractivity contribution >= 4 is 0 Å². The van der Waals surface area contributed by atoms with Crippen LogP contribution >= 0.6 is 0 Å². The Hall–Kier alpha value is -1.76. The van der Waals surface area contributed by atoms with Gasteiger partial charge in [0.1, 0.15) is 24.4 Å². The Morgan fingerprint density at radius 3 is 2.00 bits per heavy atom. The van der Waals surface area contributed by atoms with Crippen LogP contribution in [0.3, 0.4) is 0 Å². The van der Waals surface area contributed by atoms with Gasteiger partial charge in [0.25, 0.3) is 0 Å². The zero-order valence-corrected chi connectivity index (χ0v) is 13.9. The fourth-order valence-electron chi connectivity index (χ4n) is 3.27. The molecular weight excluding hydrogens is 320 g/mol. The molecule has 5 nitrogen and oxygen atoms in total. The Labute approximate surface area is 147 Å². The van der Waals surface area contributed by atoms with Crippen molar-refractivity contribution in [2.24, 2.45) is 0 Å². The summed E-state index contributed by atoms with van der Waals surface area (Å²) >= 11 is 0. The van der Waals surface area contributed by atoms with Crippen LogP contribution in [0, 0.1) is 0 Å². The summed E-state index contributed by atoms with van der Waals surface area (Å²) in [6.07, 6.45) is -2.64. The quantitative estimate of drug-likeness (QED) is 0.873. The third-order valence-corrected chi connectivity index (χ3v) is 4.61. The highest BCUT2D eigenvalue weighted by Crippen LogP contribution is 2.32. The van der Waals surface area contributed by atoms with E-state index in [1.54, 1.807) is 0 Å². The molecule has 0 aromatic heterocycles. The second-order valence-electron chi connectivity index (χ2n) is 6.39. The van der Waals surface area contributed by atoms with Crippen molar-refractivity contribution in [3.63, 3.8) is 0 Å². The number of fused-ring (bicyclic) bond motifs is 2. The van der Waals surface area contributed by atoms with E-state index in [2.05, 4.69) is 0 Å². The fraction of sp³-hybridized carbons (Fsp3) is 0.400. The first-order valence-corrected chi connectivity index (χ1v) is 8.57. The summed E-state index contributed by atoms with van der Waals surface area (Å²) in [4.78, 5) is 0.